The molecule has 1 aromatic carbocycles. The summed E-state index contributed by atoms with van der Waals surface area (Å²) in [6, 6.07) is 7.68. The van der Waals surface area contributed by atoms with Gasteiger partial charge in [0.25, 0.3) is 0 Å². The van der Waals surface area contributed by atoms with E-state index >= 15 is 0 Å². The molecule has 0 atom stereocenters. The van der Waals surface area contributed by atoms with Gasteiger partial charge in [0.05, 0.1) is 0 Å². The van der Waals surface area contributed by atoms with Gasteiger partial charge in [-0.15, -0.1) is 25.3 Å². The van der Waals surface area contributed by atoms with Crippen LogP contribution in [0.1, 0.15) is 34.6 Å². The second-order valence-corrected chi connectivity index (χ2v) is 4.90. The minimum atomic E-state index is 0.927. The van der Waals surface area contributed by atoms with Gasteiger partial charge in [-0.2, -0.15) is 0 Å². The van der Waals surface area contributed by atoms with Crippen molar-refractivity contribution in [1.82, 2.24) is 0 Å². The molecule has 0 aromatic heterocycles. The van der Waals surface area contributed by atoms with Gasteiger partial charge >= 0.3 is 0 Å². The summed E-state index contributed by atoms with van der Waals surface area (Å²) in [5, 5.41) is 0. The van der Waals surface area contributed by atoms with Crippen molar-refractivity contribution in [3.05, 3.63) is 74.0 Å². The highest BCUT2D eigenvalue weighted by molar-refractivity contribution is 7.83. The maximum Gasteiger partial charge on any atom is 0.0395 e. The van der Waals surface area contributed by atoms with Gasteiger partial charge in [0.1, 0.15) is 0 Å². The normalized spacial score (nSPS) is 9.26. The fraction of sp³-hybridized carbons (Fsp3) is 0.250. The third kappa shape index (κ3) is 20.6. The number of hydrogen-bond acceptors (Lipinski definition) is 3. The van der Waals surface area contributed by atoms with Crippen LogP contribution in [0.3, 0.4) is 0 Å². The molecule has 0 heterocycles. The predicted octanol–water partition coefficient (Wildman–Crippen LogP) is 7.21. The Morgan fingerprint density at radius 3 is 1.61 bits per heavy atom. The molecular formula is C20H31NS2. The zero-order valence-corrected chi connectivity index (χ0v) is 16.9. The van der Waals surface area contributed by atoms with E-state index in [9.17, 15) is 0 Å². The Hall–Kier alpha value is -1.45. The molecule has 0 aliphatic carbocycles. The summed E-state index contributed by atoms with van der Waals surface area (Å²) in [4.78, 5) is 5.93. The van der Waals surface area contributed by atoms with Gasteiger partial charge in [-0.3, -0.25) is 4.99 Å². The Balaban J connectivity index is -0.000000262. The third-order valence-electron chi connectivity index (χ3n) is 2.08. The van der Waals surface area contributed by atoms with Gasteiger partial charge in [0.2, 0.25) is 0 Å². The van der Waals surface area contributed by atoms with E-state index in [0.717, 1.165) is 21.1 Å². The molecule has 0 aliphatic heterocycles. The highest BCUT2D eigenvalue weighted by Crippen LogP contribution is 2.15. The highest BCUT2D eigenvalue weighted by Gasteiger charge is 1.86. The van der Waals surface area contributed by atoms with Crippen LogP contribution in [0.15, 0.2) is 88.8 Å². The molecule has 1 aromatic rings. The topological polar surface area (TPSA) is 12.4 Å². The Bertz CT molecular complexity index is 473. The van der Waals surface area contributed by atoms with Crippen molar-refractivity contribution in [3.63, 3.8) is 0 Å². The number of hydrogen-bond donors (Lipinski definition) is 2. The summed E-state index contributed by atoms with van der Waals surface area (Å²) in [5.74, 6) is 0. The molecule has 0 unspecified atom stereocenters. The first-order valence-electron chi connectivity index (χ1n) is 7.42. The van der Waals surface area contributed by atoms with Crippen LogP contribution in [0.2, 0.25) is 0 Å². The quantitative estimate of drug-likeness (QED) is 0.325. The summed E-state index contributed by atoms with van der Waals surface area (Å²) in [7, 11) is 0. The van der Waals surface area contributed by atoms with Gasteiger partial charge < -0.3 is 0 Å². The maximum atomic E-state index is 4.12. The van der Waals surface area contributed by atoms with E-state index < -0.39 is 0 Å². The Morgan fingerprint density at radius 1 is 1.00 bits per heavy atom. The number of aliphatic imine (C=N–C) groups is 1. The number of allylic oxidation sites excluding steroid dienone is 4. The molecule has 128 valence electrons. The van der Waals surface area contributed by atoms with Crippen molar-refractivity contribution in [2.45, 2.75) is 44.4 Å². The van der Waals surface area contributed by atoms with E-state index in [0.29, 0.717) is 0 Å². The van der Waals surface area contributed by atoms with Gasteiger partial charge in [-0.25, -0.2) is 0 Å². The van der Waals surface area contributed by atoms with Crippen LogP contribution >= 0.6 is 25.3 Å². The largest absolute Gasteiger partial charge is 0.262 e. The van der Waals surface area contributed by atoms with Crippen LogP contribution in [0.4, 0.5) is 0 Å². The molecule has 3 heteroatoms. The maximum absolute atomic E-state index is 4.12. The van der Waals surface area contributed by atoms with Gasteiger partial charge in [0.15, 0.2) is 0 Å². The van der Waals surface area contributed by atoms with Crippen molar-refractivity contribution >= 4 is 31.0 Å². The summed E-state index contributed by atoms with van der Waals surface area (Å²) in [6.45, 7) is 20.3. The highest BCUT2D eigenvalue weighted by atomic mass is 32.1. The zero-order chi connectivity index (χ0) is 18.7. The minimum absolute atomic E-state index is 0.927. The molecule has 0 amide bonds. The molecule has 0 spiro atoms. The molecule has 0 aliphatic rings. The lowest BCUT2D eigenvalue weighted by Crippen LogP contribution is -1.88. The van der Waals surface area contributed by atoms with Crippen LogP contribution < -0.4 is 0 Å². The van der Waals surface area contributed by atoms with Crippen molar-refractivity contribution in [3.8, 4) is 0 Å². The molecule has 1 rings (SSSR count). The zero-order valence-electron chi connectivity index (χ0n) is 15.1. The first-order chi connectivity index (χ1) is 10.9. The van der Waals surface area contributed by atoms with Gasteiger partial charge in [0, 0.05) is 21.7 Å². The lowest BCUT2D eigenvalue weighted by molar-refractivity contribution is 1.27. The fourth-order valence-corrected chi connectivity index (χ4v) is 1.08. The van der Waals surface area contributed by atoms with E-state index in [1.54, 1.807) is 18.4 Å². The van der Waals surface area contributed by atoms with Crippen molar-refractivity contribution in [2.75, 3.05) is 0 Å². The number of rotatable bonds is 3. The smallest absolute Gasteiger partial charge is 0.0395 e. The Labute approximate surface area is 154 Å². The molecule has 0 fully saturated rings. The number of nitrogens with zero attached hydrogens (tertiary/aromatic N) is 1. The average Bonchev–Trinajstić information content (AvgIpc) is 2.57. The van der Waals surface area contributed by atoms with E-state index in [-0.39, 0.29) is 0 Å². The second-order valence-electron chi connectivity index (χ2n) is 3.94. The van der Waals surface area contributed by atoms with Crippen LogP contribution in [0, 0.1) is 0 Å². The van der Waals surface area contributed by atoms with Crippen molar-refractivity contribution in [2.24, 2.45) is 4.99 Å². The van der Waals surface area contributed by atoms with E-state index in [2.05, 4.69) is 50.0 Å². The summed E-state index contributed by atoms with van der Waals surface area (Å²) < 4.78 is 0. The summed E-state index contributed by atoms with van der Waals surface area (Å²) in [6.07, 6.45) is 6.94. The molecule has 0 radical (unpaired) electrons. The van der Waals surface area contributed by atoms with Gasteiger partial charge in [-0.1, -0.05) is 63.9 Å². The van der Waals surface area contributed by atoms with Gasteiger partial charge in [-0.05, 0) is 38.5 Å². The van der Waals surface area contributed by atoms with E-state index in [4.69, 9.17) is 0 Å². The molecular weight excluding hydrogens is 318 g/mol. The molecule has 23 heavy (non-hydrogen) atoms. The lowest BCUT2D eigenvalue weighted by atomic mass is 10.2. The summed E-state index contributed by atoms with van der Waals surface area (Å²) in [5.41, 5.74) is 2.02. The Kier molecular flexibility index (Phi) is 23.6. The van der Waals surface area contributed by atoms with E-state index in [1.807, 2.05) is 65.0 Å². The predicted molar refractivity (Wildman–Crippen MR) is 115 cm³/mol. The molecule has 0 saturated carbocycles. The van der Waals surface area contributed by atoms with Crippen LogP contribution in [-0.2, 0) is 0 Å². The molecule has 0 N–H and O–H groups in total. The fourth-order valence-electron chi connectivity index (χ4n) is 0.761. The SMILES string of the molecule is C=C(C)C(C)=N/C=C\C.C=CC=C.CC.Sc1ccccc1S. The molecule has 1 nitrogen and oxygen atoms in total. The minimum Gasteiger partial charge on any atom is -0.262 e. The first-order valence-corrected chi connectivity index (χ1v) is 8.31. The lowest BCUT2D eigenvalue weighted by Gasteiger charge is -1.91. The van der Waals surface area contributed by atoms with Crippen LogP contribution in [0.5, 0.6) is 0 Å². The standard InChI is InChI=1S/C8H13N.C6H6S2.C4H6.C2H6/c1-5-6-9-8(4)7(2)3;7-5-3-1-2-4-6(5)8;1-3-4-2;1-2/h5-6H,2H2,1,3-4H3;1-4,7-8H;3-4H,1-2H2;1-2H3/b6-5-,9-8?;;;. The van der Waals surface area contributed by atoms with Crippen molar-refractivity contribution < 1.29 is 0 Å². The second kappa shape index (κ2) is 20.6. The summed E-state index contributed by atoms with van der Waals surface area (Å²) >= 11 is 8.24. The first kappa shape index (κ1) is 26.4. The Morgan fingerprint density at radius 2 is 1.39 bits per heavy atom. The third-order valence-corrected chi connectivity index (χ3v) is 3.04. The molecule has 0 saturated heterocycles. The van der Waals surface area contributed by atoms with Crippen LogP contribution in [0.25, 0.3) is 0 Å². The van der Waals surface area contributed by atoms with Crippen molar-refractivity contribution in [1.29, 1.82) is 0 Å². The monoisotopic (exact) mass is 349 g/mol. The average molecular weight is 350 g/mol. The van der Waals surface area contributed by atoms with E-state index in [1.165, 1.54) is 0 Å². The number of benzene rings is 1. The van der Waals surface area contributed by atoms with Crippen LogP contribution in [-0.4, -0.2) is 5.71 Å². The molecule has 0 bridgehead atoms. The number of thiol groups is 2.